The average molecular weight is 393 g/mol. The third-order valence-corrected chi connectivity index (χ3v) is 6.52. The van der Waals surface area contributed by atoms with Crippen LogP contribution in [-0.4, -0.2) is 0 Å². The van der Waals surface area contributed by atoms with Gasteiger partial charge in [-0.3, -0.25) is 0 Å². The van der Waals surface area contributed by atoms with Crippen molar-refractivity contribution in [1.29, 1.82) is 0 Å². The molecule has 0 saturated carbocycles. The van der Waals surface area contributed by atoms with Crippen molar-refractivity contribution < 1.29 is 0 Å². The standard InChI is InChI=1S/C28H56/c1-5-8-10-12-14-16-18-19-21-23-25-27(4)28(7-3)26-24-22-20-17-15-13-11-9-6-2/h5-26H2,1-4H3. The van der Waals surface area contributed by atoms with E-state index in [0.29, 0.717) is 0 Å². The molecule has 0 aromatic rings. The minimum Gasteiger partial charge on any atom is -0.0741 e. The molecule has 0 fully saturated rings. The fraction of sp³-hybridized carbons (Fsp3) is 0.929. The smallest absolute Gasteiger partial charge is 0.0318 e. The van der Waals surface area contributed by atoms with Gasteiger partial charge in [0.1, 0.15) is 0 Å². The molecule has 0 aromatic heterocycles. The van der Waals surface area contributed by atoms with E-state index in [-0.39, 0.29) is 0 Å². The highest BCUT2D eigenvalue weighted by molar-refractivity contribution is 5.11. The maximum absolute atomic E-state index is 2.42. The molecule has 0 heterocycles. The summed E-state index contributed by atoms with van der Waals surface area (Å²) in [5, 5.41) is 0. The van der Waals surface area contributed by atoms with Crippen LogP contribution in [-0.2, 0) is 0 Å². The van der Waals surface area contributed by atoms with Crippen molar-refractivity contribution >= 4 is 0 Å². The zero-order valence-corrected chi connectivity index (χ0v) is 20.6. The van der Waals surface area contributed by atoms with Crippen molar-refractivity contribution in [3.63, 3.8) is 0 Å². The van der Waals surface area contributed by atoms with E-state index in [4.69, 9.17) is 0 Å². The van der Waals surface area contributed by atoms with Gasteiger partial charge in [-0.25, -0.2) is 0 Å². The summed E-state index contributed by atoms with van der Waals surface area (Å²) in [6.07, 6.45) is 31.4. The normalized spacial score (nSPS) is 12.4. The summed E-state index contributed by atoms with van der Waals surface area (Å²) in [6.45, 7) is 9.39. The van der Waals surface area contributed by atoms with Gasteiger partial charge in [0.15, 0.2) is 0 Å². The van der Waals surface area contributed by atoms with Gasteiger partial charge in [0, 0.05) is 0 Å². The molecule has 0 rings (SSSR count). The Morgan fingerprint density at radius 3 is 1.07 bits per heavy atom. The molecule has 0 N–H and O–H groups in total. The highest BCUT2D eigenvalue weighted by Gasteiger charge is 2.02. The van der Waals surface area contributed by atoms with E-state index < -0.39 is 0 Å². The molecule has 0 heteroatoms. The third kappa shape index (κ3) is 19.1. The first kappa shape index (κ1) is 27.7. The summed E-state index contributed by atoms with van der Waals surface area (Å²) < 4.78 is 0. The molecular formula is C28H56. The van der Waals surface area contributed by atoms with E-state index in [1.807, 2.05) is 0 Å². The van der Waals surface area contributed by atoms with E-state index >= 15 is 0 Å². The van der Waals surface area contributed by atoms with Gasteiger partial charge in [-0.15, -0.1) is 0 Å². The SMILES string of the molecule is CCCCCCCCCCCCC(C)=C(CC)CCCCCCCCCCC. The van der Waals surface area contributed by atoms with Crippen molar-refractivity contribution in [2.24, 2.45) is 0 Å². The Hall–Kier alpha value is -0.260. The van der Waals surface area contributed by atoms with Gasteiger partial charge in [0.2, 0.25) is 0 Å². The second-order valence-electron chi connectivity index (χ2n) is 9.25. The van der Waals surface area contributed by atoms with Gasteiger partial charge < -0.3 is 0 Å². The molecule has 28 heavy (non-hydrogen) atoms. The van der Waals surface area contributed by atoms with Crippen LogP contribution in [0, 0.1) is 0 Å². The summed E-state index contributed by atoms with van der Waals surface area (Å²) in [5.41, 5.74) is 3.50. The summed E-state index contributed by atoms with van der Waals surface area (Å²) in [7, 11) is 0. The molecule has 0 saturated heterocycles. The molecule has 0 aliphatic rings. The van der Waals surface area contributed by atoms with E-state index in [1.54, 1.807) is 11.1 Å². The number of allylic oxidation sites excluding steroid dienone is 2. The van der Waals surface area contributed by atoms with Crippen LogP contribution < -0.4 is 0 Å². The van der Waals surface area contributed by atoms with Crippen molar-refractivity contribution in [2.75, 3.05) is 0 Å². The summed E-state index contributed by atoms with van der Waals surface area (Å²) >= 11 is 0. The first-order valence-corrected chi connectivity index (χ1v) is 13.4. The Morgan fingerprint density at radius 2 is 0.714 bits per heavy atom. The molecular weight excluding hydrogens is 336 g/mol. The van der Waals surface area contributed by atoms with Crippen LogP contribution in [0.4, 0.5) is 0 Å². The first-order valence-electron chi connectivity index (χ1n) is 13.4. The van der Waals surface area contributed by atoms with Gasteiger partial charge in [-0.2, -0.15) is 0 Å². The van der Waals surface area contributed by atoms with Crippen molar-refractivity contribution in [1.82, 2.24) is 0 Å². The van der Waals surface area contributed by atoms with Crippen LogP contribution in [0.2, 0.25) is 0 Å². The molecule has 0 nitrogen and oxygen atoms in total. The third-order valence-electron chi connectivity index (χ3n) is 6.52. The molecule has 0 atom stereocenters. The molecule has 0 spiro atoms. The Bertz CT molecular complexity index is 325. The second kappa shape index (κ2) is 23.0. The predicted molar refractivity (Wildman–Crippen MR) is 131 cm³/mol. The number of hydrogen-bond acceptors (Lipinski definition) is 0. The zero-order chi connectivity index (χ0) is 20.7. The summed E-state index contributed by atoms with van der Waals surface area (Å²) in [5.74, 6) is 0. The van der Waals surface area contributed by atoms with Gasteiger partial charge in [-0.1, -0.05) is 141 Å². The molecule has 0 aromatic carbocycles. The van der Waals surface area contributed by atoms with Crippen molar-refractivity contribution in [2.45, 2.75) is 169 Å². The Labute approximate surface area is 180 Å². The van der Waals surface area contributed by atoms with Crippen LogP contribution in [0.5, 0.6) is 0 Å². The lowest BCUT2D eigenvalue weighted by Gasteiger charge is -2.11. The largest absolute Gasteiger partial charge is 0.0741 e. The monoisotopic (exact) mass is 392 g/mol. The maximum Gasteiger partial charge on any atom is -0.0318 e. The minimum absolute atomic E-state index is 1.28. The lowest BCUT2D eigenvalue weighted by atomic mass is 9.95. The van der Waals surface area contributed by atoms with Gasteiger partial charge in [0.25, 0.3) is 0 Å². The summed E-state index contributed by atoms with van der Waals surface area (Å²) in [6, 6.07) is 0. The van der Waals surface area contributed by atoms with Crippen LogP contribution in [0.15, 0.2) is 11.1 Å². The number of hydrogen-bond donors (Lipinski definition) is 0. The predicted octanol–water partition coefficient (Wildman–Crippen LogP) is 10.9. The Balaban J connectivity index is 3.59. The molecule has 0 radical (unpaired) electrons. The average Bonchev–Trinajstić information content (AvgIpc) is 2.70. The molecule has 0 aliphatic carbocycles. The van der Waals surface area contributed by atoms with Crippen LogP contribution >= 0.6 is 0 Å². The molecule has 168 valence electrons. The van der Waals surface area contributed by atoms with Crippen LogP contribution in [0.25, 0.3) is 0 Å². The highest BCUT2D eigenvalue weighted by atomic mass is 14.1. The summed E-state index contributed by atoms with van der Waals surface area (Å²) in [4.78, 5) is 0. The van der Waals surface area contributed by atoms with Gasteiger partial charge in [-0.05, 0) is 39.0 Å². The van der Waals surface area contributed by atoms with E-state index in [0.717, 1.165) is 0 Å². The fourth-order valence-corrected chi connectivity index (χ4v) is 4.40. The van der Waals surface area contributed by atoms with Crippen LogP contribution in [0.3, 0.4) is 0 Å². The van der Waals surface area contributed by atoms with E-state index in [1.165, 1.54) is 141 Å². The van der Waals surface area contributed by atoms with Crippen molar-refractivity contribution in [3.8, 4) is 0 Å². The van der Waals surface area contributed by atoms with Gasteiger partial charge in [0.05, 0.1) is 0 Å². The fourth-order valence-electron chi connectivity index (χ4n) is 4.40. The quantitative estimate of drug-likeness (QED) is 0.127. The Morgan fingerprint density at radius 1 is 0.393 bits per heavy atom. The van der Waals surface area contributed by atoms with E-state index in [2.05, 4.69) is 27.7 Å². The second-order valence-corrected chi connectivity index (χ2v) is 9.25. The highest BCUT2D eigenvalue weighted by Crippen LogP contribution is 2.22. The number of rotatable bonds is 22. The van der Waals surface area contributed by atoms with Crippen molar-refractivity contribution in [3.05, 3.63) is 11.1 Å². The van der Waals surface area contributed by atoms with Crippen LogP contribution in [0.1, 0.15) is 169 Å². The maximum atomic E-state index is 2.42. The molecule has 0 aliphatic heterocycles. The first-order chi connectivity index (χ1) is 13.8. The lowest BCUT2D eigenvalue weighted by Crippen LogP contribution is -1.91. The Kier molecular flexibility index (Phi) is 22.8. The zero-order valence-electron chi connectivity index (χ0n) is 20.6. The molecule has 0 bridgehead atoms. The topological polar surface area (TPSA) is 0 Å². The molecule has 0 amide bonds. The molecule has 0 unspecified atom stereocenters. The van der Waals surface area contributed by atoms with Gasteiger partial charge >= 0.3 is 0 Å². The van der Waals surface area contributed by atoms with E-state index in [9.17, 15) is 0 Å². The minimum atomic E-state index is 1.28. The lowest BCUT2D eigenvalue weighted by molar-refractivity contribution is 0.553. The number of unbranched alkanes of at least 4 members (excludes halogenated alkanes) is 17.